The Balaban J connectivity index is 2.01. The number of amides is 1. The number of alkyl halides is 3. The highest BCUT2D eigenvalue weighted by molar-refractivity contribution is 5.79. The molecule has 2 rings (SSSR count). The van der Waals surface area contributed by atoms with Crippen molar-refractivity contribution in [2.24, 2.45) is 5.92 Å². The van der Waals surface area contributed by atoms with E-state index in [0.717, 1.165) is 12.1 Å². The molecule has 7 heteroatoms. The molecule has 1 aromatic heterocycles. The van der Waals surface area contributed by atoms with Crippen molar-refractivity contribution in [2.75, 3.05) is 6.61 Å². The van der Waals surface area contributed by atoms with E-state index in [1.807, 2.05) is 0 Å². The molecular weight excluding hydrogens is 323 g/mol. The predicted octanol–water partition coefficient (Wildman–Crippen LogP) is 3.33. The highest BCUT2D eigenvalue weighted by Gasteiger charge is 2.30. The number of carbonyl (C=O) groups is 1. The van der Waals surface area contributed by atoms with E-state index in [1.54, 1.807) is 25.1 Å². The topological polar surface area (TPSA) is 62.5 Å². The second kappa shape index (κ2) is 7.53. The zero-order valence-electron chi connectivity index (χ0n) is 13.0. The lowest BCUT2D eigenvalue weighted by atomic mass is 9.98. The van der Waals surface area contributed by atoms with Crippen molar-refractivity contribution in [3.63, 3.8) is 0 Å². The van der Waals surface area contributed by atoms with Crippen molar-refractivity contribution in [1.82, 2.24) is 5.32 Å². The minimum absolute atomic E-state index is 0.159. The molecular formula is C17H18F3NO3. The summed E-state index contributed by atoms with van der Waals surface area (Å²) in [6.45, 7) is 1.28. The minimum Gasteiger partial charge on any atom is -0.467 e. The number of carbonyl (C=O) groups excluding carboxylic acids is 1. The van der Waals surface area contributed by atoms with Gasteiger partial charge in [0, 0.05) is 5.92 Å². The highest BCUT2D eigenvalue weighted by Crippen LogP contribution is 2.30. The van der Waals surface area contributed by atoms with Gasteiger partial charge in [0.15, 0.2) is 0 Å². The van der Waals surface area contributed by atoms with Gasteiger partial charge in [-0.05, 0) is 30.2 Å². The van der Waals surface area contributed by atoms with Crippen LogP contribution in [0, 0.1) is 5.92 Å². The molecule has 0 bridgehead atoms. The van der Waals surface area contributed by atoms with E-state index in [4.69, 9.17) is 4.42 Å². The van der Waals surface area contributed by atoms with Crippen molar-refractivity contribution in [2.45, 2.75) is 25.6 Å². The summed E-state index contributed by atoms with van der Waals surface area (Å²) in [5.41, 5.74) is -0.317. The molecule has 0 aliphatic carbocycles. The Morgan fingerprint density at radius 3 is 2.62 bits per heavy atom. The Hall–Kier alpha value is -2.28. The summed E-state index contributed by atoms with van der Waals surface area (Å²) < 4.78 is 43.3. The van der Waals surface area contributed by atoms with Gasteiger partial charge in [-0.2, -0.15) is 13.2 Å². The maximum atomic E-state index is 12.7. The van der Waals surface area contributed by atoms with Gasteiger partial charge < -0.3 is 14.8 Å². The number of rotatable bonds is 6. The lowest BCUT2D eigenvalue weighted by Gasteiger charge is -2.18. The molecule has 1 amide bonds. The van der Waals surface area contributed by atoms with Crippen molar-refractivity contribution >= 4 is 5.91 Å². The number of hydrogen-bond acceptors (Lipinski definition) is 3. The normalized spacial score (nSPS) is 14.2. The molecule has 1 heterocycles. The van der Waals surface area contributed by atoms with Crippen LogP contribution in [-0.4, -0.2) is 17.6 Å². The van der Waals surface area contributed by atoms with Gasteiger partial charge in [0.25, 0.3) is 0 Å². The Morgan fingerprint density at radius 2 is 2.04 bits per heavy atom. The van der Waals surface area contributed by atoms with Crippen LogP contribution in [0.2, 0.25) is 0 Å². The minimum atomic E-state index is -4.41. The molecule has 4 nitrogen and oxygen atoms in total. The Morgan fingerprint density at radius 1 is 1.29 bits per heavy atom. The first-order valence-corrected chi connectivity index (χ1v) is 7.42. The van der Waals surface area contributed by atoms with E-state index in [2.05, 4.69) is 5.32 Å². The average Bonchev–Trinajstić information content (AvgIpc) is 3.06. The molecule has 2 N–H and O–H groups in total. The van der Waals surface area contributed by atoms with Crippen molar-refractivity contribution in [3.05, 3.63) is 59.5 Å². The van der Waals surface area contributed by atoms with Gasteiger partial charge in [0.1, 0.15) is 11.8 Å². The number of benzene rings is 1. The van der Waals surface area contributed by atoms with E-state index in [-0.39, 0.29) is 18.9 Å². The van der Waals surface area contributed by atoms with Crippen molar-refractivity contribution < 1.29 is 27.5 Å². The summed E-state index contributed by atoms with van der Waals surface area (Å²) in [5.74, 6) is -0.516. The summed E-state index contributed by atoms with van der Waals surface area (Å²) in [6, 6.07) is 7.48. The fourth-order valence-corrected chi connectivity index (χ4v) is 2.33. The number of aliphatic hydroxyl groups excluding tert-OH is 1. The van der Waals surface area contributed by atoms with Crippen LogP contribution in [0.1, 0.15) is 29.9 Å². The van der Waals surface area contributed by atoms with Crippen molar-refractivity contribution in [3.8, 4) is 0 Å². The van der Waals surface area contributed by atoms with Crippen LogP contribution in [0.4, 0.5) is 13.2 Å². The second-order valence-electron chi connectivity index (χ2n) is 5.56. The summed E-state index contributed by atoms with van der Waals surface area (Å²) in [6.07, 6.45) is -2.83. The Kier molecular flexibility index (Phi) is 5.66. The molecule has 0 aliphatic rings. The third-order valence-electron chi connectivity index (χ3n) is 3.63. The molecule has 0 radical (unpaired) electrons. The van der Waals surface area contributed by atoms with Crippen LogP contribution < -0.4 is 5.32 Å². The van der Waals surface area contributed by atoms with Gasteiger partial charge in [-0.25, -0.2) is 0 Å². The van der Waals surface area contributed by atoms with E-state index in [0.29, 0.717) is 11.3 Å². The third-order valence-corrected chi connectivity index (χ3v) is 3.63. The van der Waals surface area contributed by atoms with Gasteiger partial charge >= 0.3 is 6.18 Å². The number of hydrogen-bond donors (Lipinski definition) is 2. The van der Waals surface area contributed by atoms with Gasteiger partial charge in [-0.3, -0.25) is 4.79 Å². The Bertz CT molecular complexity index is 668. The summed E-state index contributed by atoms with van der Waals surface area (Å²) in [7, 11) is 0. The van der Waals surface area contributed by atoms with Crippen molar-refractivity contribution in [1.29, 1.82) is 0 Å². The van der Waals surface area contributed by atoms with E-state index < -0.39 is 23.7 Å². The molecule has 0 saturated carbocycles. The smallest absolute Gasteiger partial charge is 0.416 e. The third kappa shape index (κ3) is 4.61. The first-order valence-electron chi connectivity index (χ1n) is 7.42. The number of nitrogens with one attached hydrogen (secondary N) is 1. The molecule has 2 aromatic rings. The van der Waals surface area contributed by atoms with Crippen LogP contribution in [0.15, 0.2) is 47.1 Å². The van der Waals surface area contributed by atoms with E-state index in [1.165, 1.54) is 12.3 Å². The van der Waals surface area contributed by atoms with Crippen LogP contribution in [0.5, 0.6) is 0 Å². The average molecular weight is 341 g/mol. The maximum Gasteiger partial charge on any atom is 0.416 e. The number of halogens is 3. The van der Waals surface area contributed by atoms with Crippen LogP contribution in [0.25, 0.3) is 0 Å². The fraction of sp³-hybridized carbons (Fsp3) is 0.353. The lowest BCUT2D eigenvalue weighted by molar-refractivity contribution is -0.137. The summed E-state index contributed by atoms with van der Waals surface area (Å²) in [5, 5.41) is 12.0. The molecule has 0 fully saturated rings. The molecule has 2 atom stereocenters. The predicted molar refractivity (Wildman–Crippen MR) is 81.0 cm³/mol. The summed E-state index contributed by atoms with van der Waals surface area (Å²) >= 11 is 0. The first-order chi connectivity index (χ1) is 11.3. The molecule has 130 valence electrons. The zero-order valence-corrected chi connectivity index (χ0v) is 13.0. The first kappa shape index (κ1) is 18.1. The Labute approximate surface area is 137 Å². The largest absolute Gasteiger partial charge is 0.467 e. The van der Waals surface area contributed by atoms with Gasteiger partial charge in [0.05, 0.1) is 18.4 Å². The molecule has 0 spiro atoms. The number of furan rings is 1. The molecule has 0 aliphatic heterocycles. The maximum absolute atomic E-state index is 12.7. The molecule has 2 unspecified atom stereocenters. The zero-order chi connectivity index (χ0) is 17.7. The highest BCUT2D eigenvalue weighted by atomic mass is 19.4. The quantitative estimate of drug-likeness (QED) is 0.847. The monoisotopic (exact) mass is 341 g/mol. The molecule has 24 heavy (non-hydrogen) atoms. The second-order valence-corrected chi connectivity index (χ2v) is 5.56. The van der Waals surface area contributed by atoms with Gasteiger partial charge in [-0.1, -0.05) is 25.1 Å². The lowest BCUT2D eigenvalue weighted by Crippen LogP contribution is -2.35. The van der Waals surface area contributed by atoms with Gasteiger partial charge in [0.2, 0.25) is 5.91 Å². The van der Waals surface area contributed by atoms with Gasteiger partial charge in [-0.15, -0.1) is 0 Å². The van der Waals surface area contributed by atoms with Crippen LogP contribution in [0.3, 0.4) is 0 Å². The SMILES string of the molecule is CC(Cc1cccc(C(F)(F)F)c1)C(=O)NC(CO)c1ccco1. The molecule has 1 aromatic carbocycles. The number of aliphatic hydroxyl groups is 1. The van der Waals surface area contributed by atoms with E-state index >= 15 is 0 Å². The standard InChI is InChI=1S/C17H18F3NO3/c1-11(8-12-4-2-5-13(9-12)17(18,19)20)16(23)21-14(10-22)15-6-3-7-24-15/h2-7,9,11,14,22H,8,10H2,1H3,(H,21,23). The molecule has 0 saturated heterocycles. The summed E-state index contributed by atoms with van der Waals surface area (Å²) in [4.78, 5) is 12.2. The van der Waals surface area contributed by atoms with E-state index in [9.17, 15) is 23.1 Å². The fourth-order valence-electron chi connectivity index (χ4n) is 2.33. The van der Waals surface area contributed by atoms with Crippen LogP contribution in [-0.2, 0) is 17.4 Å². The van der Waals surface area contributed by atoms with Crippen LogP contribution >= 0.6 is 0 Å².